The molecule has 0 atom stereocenters. The Morgan fingerprint density at radius 3 is 2.85 bits per heavy atom. The molecule has 1 aliphatic heterocycles. The molecule has 0 saturated carbocycles. The normalized spacial score (nSPS) is 15.1. The zero-order valence-corrected chi connectivity index (χ0v) is 14.1. The predicted octanol–water partition coefficient (Wildman–Crippen LogP) is 1.49. The fourth-order valence-corrected chi connectivity index (χ4v) is 3.13. The molecular weight excluding hydrogens is 342 g/mol. The van der Waals surface area contributed by atoms with Crippen molar-refractivity contribution in [1.82, 2.24) is 24.6 Å². The van der Waals surface area contributed by atoms with Crippen LogP contribution in [-0.4, -0.2) is 50.2 Å². The van der Waals surface area contributed by atoms with Crippen LogP contribution in [0.5, 0.6) is 0 Å². The summed E-state index contributed by atoms with van der Waals surface area (Å²) in [6.45, 7) is 1.07. The van der Waals surface area contributed by atoms with Crippen molar-refractivity contribution in [3.8, 4) is 0 Å². The Bertz CT molecular complexity index is 989. The Morgan fingerprint density at radius 1 is 1.19 bits per heavy atom. The quantitative estimate of drug-likeness (QED) is 0.710. The van der Waals surface area contributed by atoms with Gasteiger partial charge in [-0.3, -0.25) is 9.48 Å². The molecule has 0 aliphatic carbocycles. The largest absolute Gasteiger partial charge is 0.345 e. The SMILES string of the molecule is Cn1ncc2c(N3CCN(Cc4cc(F)ccc4F)C(=O)C3)ncnc21. The van der Waals surface area contributed by atoms with E-state index in [9.17, 15) is 13.6 Å². The van der Waals surface area contributed by atoms with Crippen molar-refractivity contribution in [2.45, 2.75) is 6.54 Å². The molecule has 26 heavy (non-hydrogen) atoms. The van der Waals surface area contributed by atoms with E-state index in [2.05, 4.69) is 15.1 Å². The summed E-state index contributed by atoms with van der Waals surface area (Å²) < 4.78 is 28.8. The lowest BCUT2D eigenvalue weighted by atomic mass is 10.1. The van der Waals surface area contributed by atoms with E-state index in [1.54, 1.807) is 17.9 Å². The molecule has 4 rings (SSSR count). The maximum absolute atomic E-state index is 13.8. The zero-order chi connectivity index (χ0) is 18.3. The van der Waals surface area contributed by atoms with Gasteiger partial charge in [-0.05, 0) is 18.2 Å². The van der Waals surface area contributed by atoms with Crippen molar-refractivity contribution in [2.24, 2.45) is 7.05 Å². The van der Waals surface area contributed by atoms with Crippen molar-refractivity contribution in [3.05, 3.63) is 47.9 Å². The predicted molar refractivity (Wildman–Crippen MR) is 90.3 cm³/mol. The first kappa shape index (κ1) is 16.4. The Morgan fingerprint density at radius 2 is 2.04 bits per heavy atom. The lowest BCUT2D eigenvalue weighted by Gasteiger charge is -2.35. The van der Waals surface area contributed by atoms with Crippen LogP contribution in [-0.2, 0) is 18.4 Å². The number of rotatable bonds is 3. The lowest BCUT2D eigenvalue weighted by molar-refractivity contribution is -0.131. The maximum Gasteiger partial charge on any atom is 0.242 e. The Hall–Kier alpha value is -3.10. The highest BCUT2D eigenvalue weighted by atomic mass is 19.1. The van der Waals surface area contributed by atoms with Crippen molar-refractivity contribution >= 4 is 22.8 Å². The third-order valence-corrected chi connectivity index (χ3v) is 4.50. The topological polar surface area (TPSA) is 67.2 Å². The molecule has 1 amide bonds. The van der Waals surface area contributed by atoms with E-state index < -0.39 is 11.6 Å². The smallest absolute Gasteiger partial charge is 0.242 e. The molecule has 7 nitrogen and oxygen atoms in total. The fraction of sp³-hybridized carbons (Fsp3) is 0.294. The van der Waals surface area contributed by atoms with Crippen molar-refractivity contribution in [2.75, 3.05) is 24.5 Å². The fourth-order valence-electron chi connectivity index (χ4n) is 3.13. The van der Waals surface area contributed by atoms with Crippen LogP contribution < -0.4 is 4.90 Å². The molecule has 9 heteroatoms. The second-order valence-electron chi connectivity index (χ2n) is 6.18. The summed E-state index contributed by atoms with van der Waals surface area (Å²) in [5.41, 5.74) is 0.857. The number of halogens is 2. The molecule has 1 saturated heterocycles. The van der Waals surface area contributed by atoms with Crippen molar-refractivity contribution in [3.63, 3.8) is 0 Å². The number of fused-ring (bicyclic) bond motifs is 1. The highest BCUT2D eigenvalue weighted by Crippen LogP contribution is 2.24. The molecule has 2 aromatic heterocycles. The van der Waals surface area contributed by atoms with Gasteiger partial charge in [0.05, 0.1) is 18.1 Å². The standard InChI is InChI=1S/C17H16F2N6O/c1-23-16-13(7-22-23)17(21-10-20-16)25-5-4-24(15(26)9-25)8-11-6-12(18)2-3-14(11)19/h2-3,6-7,10H,4-5,8-9H2,1H3. The molecule has 0 unspecified atom stereocenters. The van der Waals surface area contributed by atoms with Gasteiger partial charge < -0.3 is 9.80 Å². The summed E-state index contributed by atoms with van der Waals surface area (Å²) in [6.07, 6.45) is 3.11. The van der Waals surface area contributed by atoms with Gasteiger partial charge in [-0.25, -0.2) is 18.7 Å². The lowest BCUT2D eigenvalue weighted by Crippen LogP contribution is -2.50. The van der Waals surface area contributed by atoms with Crippen LogP contribution in [0.2, 0.25) is 0 Å². The Balaban J connectivity index is 1.53. The van der Waals surface area contributed by atoms with Crippen LogP contribution in [0.25, 0.3) is 11.0 Å². The number of aryl methyl sites for hydroxylation is 1. The number of hydrogen-bond donors (Lipinski definition) is 0. The van der Waals surface area contributed by atoms with Gasteiger partial charge in [0.15, 0.2) is 5.65 Å². The first-order chi connectivity index (χ1) is 12.5. The molecule has 0 bridgehead atoms. The minimum Gasteiger partial charge on any atom is -0.345 e. The van der Waals surface area contributed by atoms with Crippen LogP contribution >= 0.6 is 0 Å². The molecule has 0 spiro atoms. The second-order valence-corrected chi connectivity index (χ2v) is 6.18. The Kier molecular flexibility index (Phi) is 3.98. The van der Waals surface area contributed by atoms with Gasteiger partial charge in [0.25, 0.3) is 0 Å². The summed E-state index contributed by atoms with van der Waals surface area (Å²) >= 11 is 0. The Labute approximate surface area is 147 Å². The zero-order valence-electron chi connectivity index (χ0n) is 14.1. The first-order valence-corrected chi connectivity index (χ1v) is 8.12. The number of aromatic nitrogens is 4. The summed E-state index contributed by atoms with van der Waals surface area (Å²) in [7, 11) is 1.79. The molecule has 134 valence electrons. The number of hydrogen-bond acceptors (Lipinski definition) is 5. The van der Waals surface area contributed by atoms with E-state index >= 15 is 0 Å². The number of carbonyl (C=O) groups excluding carboxylic acids is 1. The molecule has 1 aliphatic rings. The first-order valence-electron chi connectivity index (χ1n) is 8.12. The van der Waals surface area contributed by atoms with E-state index in [1.165, 1.54) is 11.2 Å². The second kappa shape index (κ2) is 6.32. The molecular formula is C17H16F2N6O. The van der Waals surface area contributed by atoms with E-state index in [1.807, 2.05) is 4.90 Å². The van der Waals surface area contributed by atoms with Gasteiger partial charge in [0.2, 0.25) is 5.91 Å². The number of carbonyl (C=O) groups is 1. The van der Waals surface area contributed by atoms with Crippen molar-refractivity contribution in [1.29, 1.82) is 0 Å². The third-order valence-electron chi connectivity index (χ3n) is 4.50. The van der Waals surface area contributed by atoms with Gasteiger partial charge in [0.1, 0.15) is 23.8 Å². The van der Waals surface area contributed by atoms with Crippen LogP contribution in [0.4, 0.5) is 14.6 Å². The molecule has 0 radical (unpaired) electrons. The van der Waals surface area contributed by atoms with Gasteiger partial charge in [-0.2, -0.15) is 5.10 Å². The minimum atomic E-state index is -0.521. The number of nitrogens with zero attached hydrogens (tertiary/aromatic N) is 6. The van der Waals surface area contributed by atoms with Gasteiger partial charge in [0, 0.05) is 32.2 Å². The molecule has 1 fully saturated rings. The monoisotopic (exact) mass is 358 g/mol. The van der Waals surface area contributed by atoms with Gasteiger partial charge in [-0.15, -0.1) is 0 Å². The molecule has 3 aromatic rings. The van der Waals surface area contributed by atoms with Gasteiger partial charge in [-0.1, -0.05) is 0 Å². The van der Waals surface area contributed by atoms with Crippen molar-refractivity contribution < 1.29 is 13.6 Å². The van der Waals surface area contributed by atoms with Crippen LogP contribution in [0.3, 0.4) is 0 Å². The van der Waals surface area contributed by atoms with Crippen LogP contribution in [0.15, 0.2) is 30.7 Å². The molecule has 3 heterocycles. The third kappa shape index (κ3) is 2.85. The number of amides is 1. The molecule has 0 N–H and O–H groups in total. The highest BCUT2D eigenvalue weighted by Gasteiger charge is 2.27. The van der Waals surface area contributed by atoms with Crippen LogP contribution in [0, 0.1) is 11.6 Å². The number of anilines is 1. The number of benzene rings is 1. The summed E-state index contributed by atoms with van der Waals surface area (Å²) in [5.74, 6) is -0.564. The molecule has 1 aromatic carbocycles. The minimum absolute atomic E-state index is 0.0440. The summed E-state index contributed by atoms with van der Waals surface area (Å²) in [5, 5.41) is 4.94. The van der Waals surface area contributed by atoms with E-state index in [0.29, 0.717) is 24.6 Å². The number of piperazine rings is 1. The summed E-state index contributed by atoms with van der Waals surface area (Å²) in [4.78, 5) is 24.4. The van der Waals surface area contributed by atoms with Crippen LogP contribution in [0.1, 0.15) is 5.56 Å². The van der Waals surface area contributed by atoms with E-state index in [4.69, 9.17) is 0 Å². The average molecular weight is 358 g/mol. The highest BCUT2D eigenvalue weighted by molar-refractivity contribution is 5.90. The van der Waals surface area contributed by atoms with E-state index in [-0.39, 0.29) is 24.6 Å². The summed E-state index contributed by atoms with van der Waals surface area (Å²) in [6, 6.07) is 3.26. The average Bonchev–Trinajstić information content (AvgIpc) is 3.01. The van der Waals surface area contributed by atoms with Gasteiger partial charge >= 0.3 is 0 Å². The maximum atomic E-state index is 13.8. The van der Waals surface area contributed by atoms with E-state index in [0.717, 1.165) is 23.6 Å².